The maximum absolute atomic E-state index is 12.4. The Labute approximate surface area is 126 Å². The number of hydrogen-bond acceptors (Lipinski definition) is 5. The van der Waals surface area contributed by atoms with Crippen LogP contribution in [-0.2, 0) is 24.5 Å². The SMILES string of the molecule is COC(=O)C1(C(=O)OC)CCC(=O)n2c1cc1ccccc12. The summed E-state index contributed by atoms with van der Waals surface area (Å²) >= 11 is 0. The van der Waals surface area contributed by atoms with Crippen molar-refractivity contribution in [3.8, 4) is 0 Å². The number of fused-ring (bicyclic) bond motifs is 3. The van der Waals surface area contributed by atoms with E-state index in [1.165, 1.54) is 18.8 Å². The Morgan fingerprint density at radius 1 is 1.14 bits per heavy atom. The predicted molar refractivity (Wildman–Crippen MR) is 77.5 cm³/mol. The summed E-state index contributed by atoms with van der Waals surface area (Å²) in [5, 5.41) is 0.782. The van der Waals surface area contributed by atoms with Gasteiger partial charge in [0.1, 0.15) is 0 Å². The summed E-state index contributed by atoms with van der Waals surface area (Å²) in [6.07, 6.45) is 0.109. The van der Waals surface area contributed by atoms with Gasteiger partial charge in [0.2, 0.25) is 11.3 Å². The van der Waals surface area contributed by atoms with Gasteiger partial charge in [0.05, 0.1) is 25.4 Å². The van der Waals surface area contributed by atoms with Gasteiger partial charge < -0.3 is 9.47 Å². The van der Waals surface area contributed by atoms with E-state index in [9.17, 15) is 14.4 Å². The molecule has 0 unspecified atom stereocenters. The first-order chi connectivity index (χ1) is 10.6. The number of carbonyl (C=O) groups excluding carboxylic acids is 3. The minimum atomic E-state index is -1.60. The van der Waals surface area contributed by atoms with Gasteiger partial charge in [0, 0.05) is 11.8 Å². The van der Waals surface area contributed by atoms with Gasteiger partial charge in [-0.05, 0) is 18.6 Å². The molecule has 3 rings (SSSR count). The van der Waals surface area contributed by atoms with Crippen molar-refractivity contribution in [1.82, 2.24) is 4.57 Å². The van der Waals surface area contributed by atoms with E-state index < -0.39 is 17.4 Å². The van der Waals surface area contributed by atoms with Crippen LogP contribution in [0.15, 0.2) is 30.3 Å². The number of hydrogen-bond donors (Lipinski definition) is 0. The van der Waals surface area contributed by atoms with Crippen molar-refractivity contribution in [3.63, 3.8) is 0 Å². The predicted octanol–water partition coefficient (Wildman–Crippen LogP) is 1.66. The Morgan fingerprint density at radius 3 is 2.41 bits per heavy atom. The van der Waals surface area contributed by atoms with E-state index in [-0.39, 0.29) is 18.7 Å². The third kappa shape index (κ3) is 1.70. The fourth-order valence-electron chi connectivity index (χ4n) is 3.12. The molecule has 6 heteroatoms. The monoisotopic (exact) mass is 301 g/mol. The first-order valence-electron chi connectivity index (χ1n) is 6.87. The molecular formula is C16H15NO5. The van der Waals surface area contributed by atoms with Crippen molar-refractivity contribution >= 4 is 28.7 Å². The van der Waals surface area contributed by atoms with Crippen molar-refractivity contribution in [2.24, 2.45) is 0 Å². The van der Waals surface area contributed by atoms with Crippen LogP contribution in [0.25, 0.3) is 10.9 Å². The molecule has 6 nitrogen and oxygen atoms in total. The van der Waals surface area contributed by atoms with Crippen molar-refractivity contribution < 1.29 is 23.9 Å². The highest BCUT2D eigenvalue weighted by Crippen LogP contribution is 2.40. The highest BCUT2D eigenvalue weighted by molar-refractivity contribution is 6.10. The molecule has 2 aromatic rings. The van der Waals surface area contributed by atoms with Gasteiger partial charge in [-0.2, -0.15) is 0 Å². The Bertz CT molecular complexity index is 773. The second kappa shape index (κ2) is 4.98. The average Bonchev–Trinajstić information content (AvgIpc) is 2.94. The van der Waals surface area contributed by atoms with Gasteiger partial charge in [0.15, 0.2) is 0 Å². The van der Waals surface area contributed by atoms with E-state index in [1.807, 2.05) is 12.1 Å². The molecule has 0 amide bonds. The minimum absolute atomic E-state index is 0.0432. The van der Waals surface area contributed by atoms with E-state index in [4.69, 9.17) is 9.47 Å². The molecule has 0 bridgehead atoms. The summed E-state index contributed by atoms with van der Waals surface area (Å²) in [7, 11) is 2.44. The second-order valence-electron chi connectivity index (χ2n) is 5.21. The quantitative estimate of drug-likeness (QED) is 0.623. The smallest absolute Gasteiger partial charge is 0.329 e. The molecule has 0 saturated heterocycles. The Morgan fingerprint density at radius 2 is 1.77 bits per heavy atom. The highest BCUT2D eigenvalue weighted by atomic mass is 16.5. The largest absolute Gasteiger partial charge is 0.468 e. The molecule has 1 aliphatic rings. The van der Waals surface area contributed by atoms with Crippen molar-refractivity contribution in [3.05, 3.63) is 36.0 Å². The van der Waals surface area contributed by atoms with Crippen LogP contribution in [0.4, 0.5) is 0 Å². The fourth-order valence-corrected chi connectivity index (χ4v) is 3.12. The normalized spacial score (nSPS) is 16.2. The number of rotatable bonds is 2. The Kier molecular flexibility index (Phi) is 3.24. The molecule has 22 heavy (non-hydrogen) atoms. The lowest BCUT2D eigenvalue weighted by atomic mass is 9.77. The van der Waals surface area contributed by atoms with Crippen LogP contribution in [0.3, 0.4) is 0 Å². The molecule has 2 heterocycles. The number of esters is 2. The maximum Gasteiger partial charge on any atom is 0.329 e. The lowest BCUT2D eigenvalue weighted by Gasteiger charge is -2.32. The number of ether oxygens (including phenoxy) is 2. The topological polar surface area (TPSA) is 74.6 Å². The van der Waals surface area contributed by atoms with Crippen LogP contribution in [-0.4, -0.2) is 36.6 Å². The zero-order chi connectivity index (χ0) is 15.9. The molecule has 0 radical (unpaired) electrons. The summed E-state index contributed by atoms with van der Waals surface area (Å²) in [5.74, 6) is -1.58. The number of nitrogens with zero attached hydrogens (tertiary/aromatic N) is 1. The first kappa shape index (κ1) is 14.3. The van der Waals surface area contributed by atoms with Crippen LogP contribution < -0.4 is 0 Å². The summed E-state index contributed by atoms with van der Waals surface area (Å²) in [6, 6.07) is 8.92. The van der Waals surface area contributed by atoms with Gasteiger partial charge in [0.25, 0.3) is 0 Å². The molecule has 1 aromatic heterocycles. The third-order valence-corrected chi connectivity index (χ3v) is 4.18. The van der Waals surface area contributed by atoms with Crippen LogP contribution in [0.1, 0.15) is 23.3 Å². The average molecular weight is 301 g/mol. The maximum atomic E-state index is 12.4. The zero-order valence-electron chi connectivity index (χ0n) is 12.3. The van der Waals surface area contributed by atoms with Gasteiger partial charge in [-0.25, -0.2) is 0 Å². The van der Waals surface area contributed by atoms with Crippen molar-refractivity contribution in [2.75, 3.05) is 14.2 Å². The number of benzene rings is 1. The van der Waals surface area contributed by atoms with Gasteiger partial charge in [-0.15, -0.1) is 0 Å². The first-order valence-corrected chi connectivity index (χ1v) is 6.87. The highest BCUT2D eigenvalue weighted by Gasteiger charge is 2.55. The van der Waals surface area contributed by atoms with Crippen molar-refractivity contribution in [2.45, 2.75) is 18.3 Å². The standard InChI is InChI=1S/C16H15NO5/c1-21-14(19)16(15(20)22-2)8-7-13(18)17-11-6-4-3-5-10(11)9-12(16)17/h3-6,9H,7-8H2,1-2H3. The van der Waals surface area contributed by atoms with Gasteiger partial charge in [-0.1, -0.05) is 18.2 Å². The summed E-state index contributed by atoms with van der Waals surface area (Å²) in [6.45, 7) is 0. The van der Waals surface area contributed by atoms with E-state index >= 15 is 0 Å². The Hall–Kier alpha value is -2.63. The number of methoxy groups -OCH3 is 2. The number of aromatic nitrogens is 1. The van der Waals surface area contributed by atoms with Crippen molar-refractivity contribution in [1.29, 1.82) is 0 Å². The van der Waals surface area contributed by atoms with E-state index in [0.717, 1.165) is 5.39 Å². The molecule has 0 saturated carbocycles. The molecule has 0 atom stereocenters. The van der Waals surface area contributed by atoms with E-state index in [1.54, 1.807) is 18.2 Å². The molecule has 1 aliphatic heterocycles. The lowest BCUT2D eigenvalue weighted by Crippen LogP contribution is -2.50. The summed E-state index contributed by atoms with van der Waals surface area (Å²) < 4.78 is 11.1. The second-order valence-corrected chi connectivity index (χ2v) is 5.21. The van der Waals surface area contributed by atoms with Crippen LogP contribution in [0.5, 0.6) is 0 Å². The molecule has 0 spiro atoms. The Balaban J connectivity index is 2.37. The molecular weight excluding hydrogens is 286 g/mol. The third-order valence-electron chi connectivity index (χ3n) is 4.18. The van der Waals surface area contributed by atoms with Crippen LogP contribution >= 0.6 is 0 Å². The molecule has 0 N–H and O–H groups in total. The summed E-state index contributed by atoms with van der Waals surface area (Å²) in [4.78, 5) is 37.1. The molecule has 0 fully saturated rings. The van der Waals surface area contributed by atoms with Gasteiger partial charge >= 0.3 is 11.9 Å². The van der Waals surface area contributed by atoms with E-state index in [2.05, 4.69) is 0 Å². The molecule has 0 aliphatic carbocycles. The zero-order valence-corrected chi connectivity index (χ0v) is 12.3. The van der Waals surface area contributed by atoms with Crippen LogP contribution in [0.2, 0.25) is 0 Å². The summed E-state index contributed by atoms with van der Waals surface area (Å²) in [5.41, 5.74) is -0.626. The fraction of sp³-hybridized carbons (Fsp3) is 0.312. The van der Waals surface area contributed by atoms with Gasteiger partial charge in [-0.3, -0.25) is 19.0 Å². The van der Waals surface area contributed by atoms with E-state index in [0.29, 0.717) is 11.2 Å². The molecule has 114 valence electrons. The molecule has 1 aromatic carbocycles. The number of para-hydroxylation sites is 1. The number of carbonyl (C=O) groups is 3. The lowest BCUT2D eigenvalue weighted by molar-refractivity contribution is -0.163. The van der Waals surface area contributed by atoms with Crippen LogP contribution in [0, 0.1) is 0 Å². The minimum Gasteiger partial charge on any atom is -0.468 e.